The van der Waals surface area contributed by atoms with Gasteiger partial charge in [-0.2, -0.15) is 0 Å². The normalized spacial score (nSPS) is 11.4. The minimum absolute atomic E-state index is 0.156. The van der Waals surface area contributed by atoms with Gasteiger partial charge in [0.15, 0.2) is 0 Å². The number of methoxy groups -OCH3 is 1. The number of aryl methyl sites for hydroxylation is 1. The van der Waals surface area contributed by atoms with Crippen molar-refractivity contribution in [3.63, 3.8) is 0 Å². The lowest BCUT2D eigenvalue weighted by Gasteiger charge is -2.27. The van der Waals surface area contributed by atoms with E-state index in [-0.39, 0.29) is 13.2 Å². The maximum atomic E-state index is 13.0. The molecule has 0 unspecified atom stereocenters. The number of hydrogen-bond donors (Lipinski definition) is 0. The van der Waals surface area contributed by atoms with Crippen LogP contribution in [0.5, 0.6) is 17.2 Å². The first-order valence-electron chi connectivity index (χ1n) is 12.4. The maximum absolute atomic E-state index is 13.0. The molecule has 0 N–H and O–H groups in total. The highest BCUT2D eigenvalue weighted by Gasteiger charge is 2.29. The van der Waals surface area contributed by atoms with Gasteiger partial charge in [0.2, 0.25) is 0 Å². The number of hydrogen-bond acceptors (Lipinski definition) is 7. The zero-order valence-corrected chi connectivity index (χ0v) is 21.8. The van der Waals surface area contributed by atoms with Gasteiger partial charge in [-0.3, -0.25) is 9.88 Å². The Morgan fingerprint density at radius 2 is 1.54 bits per heavy atom. The second-order valence-corrected chi connectivity index (χ2v) is 8.35. The fourth-order valence-electron chi connectivity index (χ4n) is 3.53. The monoisotopic (exact) mass is 506 g/mol. The van der Waals surface area contributed by atoms with Crippen LogP contribution >= 0.6 is 0 Å². The van der Waals surface area contributed by atoms with E-state index in [0.717, 1.165) is 17.7 Å². The van der Waals surface area contributed by atoms with Crippen molar-refractivity contribution in [2.45, 2.75) is 46.2 Å². The highest BCUT2D eigenvalue weighted by atomic mass is 16.6. The molecule has 2 aromatic carbocycles. The van der Waals surface area contributed by atoms with Gasteiger partial charge in [0.25, 0.3) is 0 Å². The predicted molar refractivity (Wildman–Crippen MR) is 140 cm³/mol. The summed E-state index contributed by atoms with van der Waals surface area (Å²) in [4.78, 5) is 31.3. The lowest BCUT2D eigenvalue weighted by atomic mass is 10.2. The van der Waals surface area contributed by atoms with Crippen molar-refractivity contribution in [2.24, 2.45) is 0 Å². The molecule has 1 aromatic heterocycles. The average Bonchev–Trinajstić information content (AvgIpc) is 2.93. The maximum Gasteiger partial charge on any atom is 0.416 e. The van der Waals surface area contributed by atoms with E-state index in [1.807, 2.05) is 36.5 Å². The number of carbonyl (C=O) groups excluding carboxylic acids is 2. The van der Waals surface area contributed by atoms with Crippen LogP contribution in [0.25, 0.3) is 0 Å². The Hall–Kier alpha value is -4.07. The summed E-state index contributed by atoms with van der Waals surface area (Å²) >= 11 is 0. The fourth-order valence-corrected chi connectivity index (χ4v) is 3.53. The zero-order chi connectivity index (χ0) is 26.6. The summed E-state index contributed by atoms with van der Waals surface area (Å²) in [5.74, 6) is 1.19. The second-order valence-electron chi connectivity index (χ2n) is 8.35. The smallest absolute Gasteiger partial charge is 0.416 e. The molecule has 196 valence electrons. The first kappa shape index (κ1) is 27.5. The number of pyridine rings is 1. The van der Waals surface area contributed by atoms with Crippen LogP contribution in [0.3, 0.4) is 0 Å². The van der Waals surface area contributed by atoms with E-state index in [1.165, 1.54) is 10.5 Å². The number of carbonyl (C=O) groups is 2. The van der Waals surface area contributed by atoms with Crippen molar-refractivity contribution in [3.8, 4) is 17.2 Å². The minimum Gasteiger partial charge on any atom is -0.497 e. The molecular formula is C29H34N2O6. The Labute approximate surface area is 218 Å². The first-order chi connectivity index (χ1) is 17.9. The SMILES string of the molecule is CCOC(=O)[C@H](C)N(Cc1ccc(OCCc2ccc(CC)cn2)cc1)C(=O)Oc1ccc(OC)cc1. The van der Waals surface area contributed by atoms with Crippen LogP contribution in [0.4, 0.5) is 4.79 Å². The van der Waals surface area contributed by atoms with Crippen LogP contribution in [0.1, 0.15) is 37.6 Å². The quantitative estimate of drug-likeness (QED) is 0.311. The van der Waals surface area contributed by atoms with E-state index >= 15 is 0 Å². The minimum atomic E-state index is -0.840. The number of aromatic nitrogens is 1. The van der Waals surface area contributed by atoms with Crippen LogP contribution in [0.2, 0.25) is 0 Å². The molecule has 3 aromatic rings. The molecule has 3 rings (SSSR count). The lowest BCUT2D eigenvalue weighted by molar-refractivity contribution is -0.148. The van der Waals surface area contributed by atoms with Gasteiger partial charge in [-0.05, 0) is 73.9 Å². The Bertz CT molecular complexity index is 1130. The molecule has 0 fully saturated rings. The number of amides is 1. The van der Waals surface area contributed by atoms with Gasteiger partial charge in [0.1, 0.15) is 23.3 Å². The Morgan fingerprint density at radius 1 is 0.892 bits per heavy atom. The highest BCUT2D eigenvalue weighted by Crippen LogP contribution is 2.20. The standard InChI is InChI=1S/C29H34N2O6/c1-5-22-7-10-24(30-19-22)17-18-36-26-11-8-23(9-12-26)20-31(21(3)28(32)35-6-2)29(33)37-27-15-13-25(34-4)14-16-27/h7-16,19,21H,5-6,17-18,20H2,1-4H3/t21-/m0/s1. The van der Waals surface area contributed by atoms with Gasteiger partial charge in [-0.1, -0.05) is 25.1 Å². The largest absolute Gasteiger partial charge is 0.497 e. The lowest BCUT2D eigenvalue weighted by Crippen LogP contribution is -2.45. The van der Waals surface area contributed by atoms with Gasteiger partial charge < -0.3 is 18.9 Å². The summed E-state index contributed by atoms with van der Waals surface area (Å²) in [5.41, 5.74) is 3.00. The van der Waals surface area contributed by atoms with Crippen molar-refractivity contribution in [1.82, 2.24) is 9.88 Å². The highest BCUT2D eigenvalue weighted by molar-refractivity contribution is 5.82. The molecule has 1 amide bonds. The molecule has 8 nitrogen and oxygen atoms in total. The van der Waals surface area contributed by atoms with Crippen LogP contribution in [-0.4, -0.2) is 48.3 Å². The van der Waals surface area contributed by atoms with Crippen LogP contribution in [-0.2, 0) is 28.9 Å². The molecule has 0 spiro atoms. The molecule has 0 aliphatic carbocycles. The fraction of sp³-hybridized carbons (Fsp3) is 0.345. The van der Waals surface area contributed by atoms with Gasteiger partial charge in [-0.25, -0.2) is 9.59 Å². The van der Waals surface area contributed by atoms with Crippen molar-refractivity contribution >= 4 is 12.1 Å². The third-order valence-electron chi connectivity index (χ3n) is 5.79. The van der Waals surface area contributed by atoms with E-state index in [2.05, 4.69) is 18.0 Å². The Morgan fingerprint density at radius 3 is 2.14 bits per heavy atom. The molecule has 0 radical (unpaired) electrons. The third kappa shape index (κ3) is 8.24. The van der Waals surface area contributed by atoms with E-state index in [9.17, 15) is 9.59 Å². The Kier molecular flexibility index (Phi) is 10.3. The van der Waals surface area contributed by atoms with Gasteiger partial charge in [0.05, 0.1) is 20.3 Å². The van der Waals surface area contributed by atoms with Gasteiger partial charge >= 0.3 is 12.1 Å². The number of benzene rings is 2. The summed E-state index contributed by atoms with van der Waals surface area (Å²) in [6.07, 6.45) is 2.90. The van der Waals surface area contributed by atoms with Crippen molar-refractivity contribution in [1.29, 1.82) is 0 Å². The number of esters is 1. The summed E-state index contributed by atoms with van der Waals surface area (Å²) in [5, 5.41) is 0. The van der Waals surface area contributed by atoms with Crippen LogP contribution in [0.15, 0.2) is 66.9 Å². The molecule has 0 aliphatic heterocycles. The van der Waals surface area contributed by atoms with Crippen molar-refractivity contribution < 1.29 is 28.5 Å². The number of nitrogens with zero attached hydrogens (tertiary/aromatic N) is 2. The zero-order valence-electron chi connectivity index (χ0n) is 21.8. The summed E-state index contributed by atoms with van der Waals surface area (Å²) < 4.78 is 21.7. The van der Waals surface area contributed by atoms with E-state index in [4.69, 9.17) is 18.9 Å². The number of ether oxygens (including phenoxy) is 4. The summed E-state index contributed by atoms with van der Waals surface area (Å²) in [6, 6.07) is 17.3. The van der Waals surface area contributed by atoms with Crippen molar-refractivity contribution in [2.75, 3.05) is 20.3 Å². The molecule has 37 heavy (non-hydrogen) atoms. The molecule has 0 saturated carbocycles. The van der Waals surface area contributed by atoms with E-state index < -0.39 is 18.1 Å². The summed E-state index contributed by atoms with van der Waals surface area (Å²) in [7, 11) is 1.56. The molecule has 1 heterocycles. The summed E-state index contributed by atoms with van der Waals surface area (Å²) in [6.45, 7) is 6.31. The topological polar surface area (TPSA) is 87.2 Å². The molecule has 8 heteroatoms. The first-order valence-corrected chi connectivity index (χ1v) is 12.4. The number of rotatable bonds is 12. The molecule has 0 saturated heterocycles. The van der Waals surface area contributed by atoms with Crippen molar-refractivity contribution in [3.05, 3.63) is 83.7 Å². The van der Waals surface area contributed by atoms with E-state index in [1.54, 1.807) is 45.2 Å². The third-order valence-corrected chi connectivity index (χ3v) is 5.79. The van der Waals surface area contributed by atoms with Gasteiger partial charge in [0, 0.05) is 24.9 Å². The molecule has 0 aliphatic rings. The second kappa shape index (κ2) is 13.9. The molecule has 0 bridgehead atoms. The molecular weight excluding hydrogens is 472 g/mol. The average molecular weight is 507 g/mol. The molecule has 1 atom stereocenters. The van der Waals surface area contributed by atoms with Gasteiger partial charge in [-0.15, -0.1) is 0 Å². The predicted octanol–water partition coefficient (Wildman–Crippen LogP) is 5.23. The van der Waals surface area contributed by atoms with Crippen LogP contribution < -0.4 is 14.2 Å². The van der Waals surface area contributed by atoms with E-state index in [0.29, 0.717) is 30.3 Å². The Balaban J connectivity index is 1.63. The van der Waals surface area contributed by atoms with Crippen LogP contribution in [0, 0.1) is 0 Å².